The highest BCUT2D eigenvalue weighted by Crippen LogP contribution is 2.29. The molecule has 2 amide bonds. The van der Waals surface area contributed by atoms with Crippen LogP contribution in [0.2, 0.25) is 0 Å². The summed E-state index contributed by atoms with van der Waals surface area (Å²) in [5.74, 6) is 0.323. The molecular formula is C23H22N4O3. The predicted octanol–water partition coefficient (Wildman–Crippen LogP) is 3.82. The molecule has 0 saturated carbocycles. The van der Waals surface area contributed by atoms with Gasteiger partial charge in [0.25, 0.3) is 5.91 Å². The van der Waals surface area contributed by atoms with Gasteiger partial charge in [0.2, 0.25) is 0 Å². The molecule has 152 valence electrons. The molecule has 7 heteroatoms. The molecule has 1 heterocycles. The number of carbonyl (C=O) groups is 2. The standard InChI is InChI=1S/C23H22N4O3/c1-15-20-18(25-26-22(28)16-9-4-2-5-10-16)13-8-14-19(20)30-21(15)23(29)27-24-17-11-6-3-7-12-17/h2-7,9-12,24H,8,13-14H2,1H3,(H,26,28)(H,27,29)/b25-18+. The maximum absolute atomic E-state index is 12.6. The second-order valence-corrected chi connectivity index (χ2v) is 7.02. The maximum Gasteiger partial charge on any atom is 0.305 e. The number of hydrazine groups is 1. The van der Waals surface area contributed by atoms with E-state index in [1.807, 2.05) is 43.3 Å². The number of anilines is 1. The number of benzene rings is 2. The van der Waals surface area contributed by atoms with E-state index in [1.54, 1.807) is 24.3 Å². The zero-order valence-corrected chi connectivity index (χ0v) is 16.6. The number of aryl methyl sites for hydroxylation is 1. The number of nitrogens with one attached hydrogen (secondary N) is 3. The maximum atomic E-state index is 12.6. The smallest absolute Gasteiger partial charge is 0.305 e. The van der Waals surface area contributed by atoms with Crippen molar-refractivity contribution >= 4 is 23.2 Å². The summed E-state index contributed by atoms with van der Waals surface area (Å²) >= 11 is 0. The predicted molar refractivity (Wildman–Crippen MR) is 114 cm³/mol. The highest BCUT2D eigenvalue weighted by atomic mass is 16.4. The van der Waals surface area contributed by atoms with Crippen molar-refractivity contribution in [3.05, 3.63) is 88.9 Å². The number of para-hydroxylation sites is 1. The third-order valence-electron chi connectivity index (χ3n) is 4.95. The molecule has 0 fully saturated rings. The molecular weight excluding hydrogens is 380 g/mol. The van der Waals surface area contributed by atoms with Crippen molar-refractivity contribution in [2.45, 2.75) is 26.2 Å². The SMILES string of the molecule is Cc1c(C(=O)NNc2ccccc2)oc2c1/C(=N/NC(=O)c1ccccc1)CCC2. The van der Waals surface area contributed by atoms with Crippen LogP contribution >= 0.6 is 0 Å². The van der Waals surface area contributed by atoms with Gasteiger partial charge in [0, 0.05) is 23.1 Å². The van der Waals surface area contributed by atoms with Crippen LogP contribution in [0.1, 0.15) is 50.6 Å². The first-order chi connectivity index (χ1) is 14.6. The first-order valence-corrected chi connectivity index (χ1v) is 9.79. The van der Waals surface area contributed by atoms with E-state index in [4.69, 9.17) is 4.42 Å². The summed E-state index contributed by atoms with van der Waals surface area (Å²) in [5, 5.41) is 4.34. The van der Waals surface area contributed by atoms with Crippen LogP contribution in [0, 0.1) is 6.92 Å². The van der Waals surface area contributed by atoms with E-state index in [0.717, 1.165) is 35.6 Å². The topological polar surface area (TPSA) is 95.7 Å². The number of amides is 2. The van der Waals surface area contributed by atoms with Crippen molar-refractivity contribution in [1.29, 1.82) is 0 Å². The zero-order valence-electron chi connectivity index (χ0n) is 16.6. The lowest BCUT2D eigenvalue weighted by Gasteiger charge is -2.13. The van der Waals surface area contributed by atoms with E-state index in [0.29, 0.717) is 17.5 Å². The molecule has 0 radical (unpaired) electrons. The highest BCUT2D eigenvalue weighted by molar-refractivity contribution is 6.07. The zero-order chi connectivity index (χ0) is 20.9. The van der Waals surface area contributed by atoms with E-state index in [9.17, 15) is 9.59 Å². The fourth-order valence-electron chi connectivity index (χ4n) is 3.48. The number of hydrogen-bond acceptors (Lipinski definition) is 5. The van der Waals surface area contributed by atoms with E-state index >= 15 is 0 Å². The molecule has 2 aromatic carbocycles. The summed E-state index contributed by atoms with van der Waals surface area (Å²) in [6.45, 7) is 1.83. The fraction of sp³-hybridized carbons (Fsp3) is 0.174. The number of nitrogens with zero attached hydrogens (tertiary/aromatic N) is 1. The Hall–Kier alpha value is -3.87. The molecule has 3 N–H and O–H groups in total. The van der Waals surface area contributed by atoms with Gasteiger partial charge in [0.1, 0.15) is 5.76 Å². The average Bonchev–Trinajstić information content (AvgIpc) is 3.14. The summed E-state index contributed by atoms with van der Waals surface area (Å²) in [5.41, 5.74) is 11.7. The second kappa shape index (κ2) is 8.65. The average molecular weight is 402 g/mol. The Balaban J connectivity index is 1.51. The number of furan rings is 1. The van der Waals surface area contributed by atoms with Crippen LogP contribution in [0.25, 0.3) is 0 Å². The summed E-state index contributed by atoms with van der Waals surface area (Å²) in [6, 6.07) is 18.3. The van der Waals surface area contributed by atoms with Crippen molar-refractivity contribution in [3.8, 4) is 0 Å². The lowest BCUT2D eigenvalue weighted by molar-refractivity contribution is 0.0930. The number of fused-ring (bicyclic) bond motifs is 1. The van der Waals surface area contributed by atoms with Gasteiger partial charge < -0.3 is 4.42 Å². The molecule has 0 unspecified atom stereocenters. The van der Waals surface area contributed by atoms with E-state index in [-0.39, 0.29) is 17.6 Å². The van der Waals surface area contributed by atoms with Crippen molar-refractivity contribution < 1.29 is 14.0 Å². The lowest BCUT2D eigenvalue weighted by Crippen LogP contribution is -2.29. The van der Waals surface area contributed by atoms with E-state index < -0.39 is 0 Å². The number of hydrazone groups is 1. The van der Waals surface area contributed by atoms with Gasteiger partial charge >= 0.3 is 5.91 Å². The first-order valence-electron chi connectivity index (χ1n) is 9.79. The fourth-order valence-corrected chi connectivity index (χ4v) is 3.48. The molecule has 0 saturated heterocycles. The Morgan fingerprint density at radius 1 is 0.933 bits per heavy atom. The van der Waals surface area contributed by atoms with Gasteiger partial charge in [0.05, 0.1) is 11.4 Å². The van der Waals surface area contributed by atoms with Crippen LogP contribution in [0.15, 0.2) is 70.2 Å². The Morgan fingerprint density at radius 3 is 2.37 bits per heavy atom. The quantitative estimate of drug-likeness (QED) is 0.566. The van der Waals surface area contributed by atoms with Crippen molar-refractivity contribution in [2.24, 2.45) is 5.10 Å². The van der Waals surface area contributed by atoms with Crippen LogP contribution in [0.4, 0.5) is 5.69 Å². The van der Waals surface area contributed by atoms with Crippen LogP contribution in [0.3, 0.4) is 0 Å². The van der Waals surface area contributed by atoms with Crippen LogP contribution < -0.4 is 16.3 Å². The number of carbonyl (C=O) groups excluding carboxylic acids is 2. The minimum atomic E-state index is -0.363. The molecule has 1 aliphatic rings. The van der Waals surface area contributed by atoms with Crippen LogP contribution in [-0.4, -0.2) is 17.5 Å². The normalized spacial score (nSPS) is 14.1. The van der Waals surface area contributed by atoms with E-state index in [2.05, 4.69) is 21.4 Å². The Morgan fingerprint density at radius 2 is 1.63 bits per heavy atom. The molecule has 30 heavy (non-hydrogen) atoms. The summed E-state index contributed by atoms with van der Waals surface area (Å²) in [6.07, 6.45) is 2.26. The molecule has 1 aromatic heterocycles. The van der Waals surface area contributed by atoms with Crippen molar-refractivity contribution in [1.82, 2.24) is 10.9 Å². The number of hydrogen-bond donors (Lipinski definition) is 3. The first kappa shape index (κ1) is 19.4. The largest absolute Gasteiger partial charge is 0.455 e. The molecule has 0 atom stereocenters. The molecule has 1 aliphatic carbocycles. The van der Waals surface area contributed by atoms with Crippen molar-refractivity contribution in [3.63, 3.8) is 0 Å². The van der Waals surface area contributed by atoms with Gasteiger partial charge in [-0.25, -0.2) is 5.43 Å². The summed E-state index contributed by atoms with van der Waals surface area (Å²) in [4.78, 5) is 24.9. The van der Waals surface area contributed by atoms with Gasteiger partial charge in [-0.05, 0) is 44.0 Å². The second-order valence-electron chi connectivity index (χ2n) is 7.02. The Bertz CT molecular complexity index is 1090. The monoisotopic (exact) mass is 402 g/mol. The van der Waals surface area contributed by atoms with Crippen LogP contribution in [-0.2, 0) is 6.42 Å². The molecule has 3 aromatic rings. The van der Waals surface area contributed by atoms with Gasteiger partial charge in [0.15, 0.2) is 5.76 Å². The van der Waals surface area contributed by atoms with Gasteiger partial charge in [-0.3, -0.25) is 20.4 Å². The van der Waals surface area contributed by atoms with Gasteiger partial charge in [-0.1, -0.05) is 36.4 Å². The minimum absolute atomic E-state index is 0.243. The van der Waals surface area contributed by atoms with Crippen LogP contribution in [0.5, 0.6) is 0 Å². The summed E-state index contributed by atoms with van der Waals surface area (Å²) < 4.78 is 5.86. The van der Waals surface area contributed by atoms with Gasteiger partial charge in [-0.15, -0.1) is 0 Å². The molecule has 7 nitrogen and oxygen atoms in total. The molecule has 0 aliphatic heterocycles. The molecule has 4 rings (SSSR count). The van der Waals surface area contributed by atoms with Gasteiger partial charge in [-0.2, -0.15) is 5.10 Å². The third-order valence-corrected chi connectivity index (χ3v) is 4.95. The third kappa shape index (κ3) is 4.10. The highest BCUT2D eigenvalue weighted by Gasteiger charge is 2.28. The summed E-state index contributed by atoms with van der Waals surface area (Å²) in [7, 11) is 0. The van der Waals surface area contributed by atoms with Crippen molar-refractivity contribution in [2.75, 3.05) is 5.43 Å². The number of rotatable bonds is 5. The van der Waals surface area contributed by atoms with E-state index in [1.165, 1.54) is 0 Å². The lowest BCUT2D eigenvalue weighted by atomic mass is 9.93. The molecule has 0 spiro atoms. The Labute approximate surface area is 174 Å². The molecule has 0 bridgehead atoms. The Kier molecular flexibility index (Phi) is 5.61. The minimum Gasteiger partial charge on any atom is -0.455 e.